The van der Waals surface area contributed by atoms with Crippen LogP contribution in [0, 0.1) is 11.7 Å². The number of nitrogens with one attached hydrogen (secondary N) is 1. The minimum atomic E-state index is -0.533. The summed E-state index contributed by atoms with van der Waals surface area (Å²) in [5, 5.41) is 7.34. The fourth-order valence-electron chi connectivity index (χ4n) is 3.34. The first-order valence-electron chi connectivity index (χ1n) is 9.99. The molecule has 4 rings (SSSR count). The van der Waals surface area contributed by atoms with Crippen LogP contribution in [0.5, 0.6) is 0 Å². The maximum atomic E-state index is 13.4. The van der Waals surface area contributed by atoms with Crippen molar-refractivity contribution in [3.8, 4) is 16.9 Å². The van der Waals surface area contributed by atoms with E-state index in [4.69, 9.17) is 4.74 Å². The molecule has 30 heavy (non-hydrogen) atoms. The van der Waals surface area contributed by atoms with Crippen molar-refractivity contribution in [1.29, 1.82) is 0 Å². The van der Waals surface area contributed by atoms with Crippen LogP contribution in [-0.2, 0) is 9.53 Å². The maximum Gasteiger partial charge on any atom is 0.358 e. The minimum absolute atomic E-state index is 0.0256. The van der Waals surface area contributed by atoms with E-state index in [-0.39, 0.29) is 29.9 Å². The number of amides is 1. The van der Waals surface area contributed by atoms with Crippen LogP contribution in [0.3, 0.4) is 0 Å². The van der Waals surface area contributed by atoms with Gasteiger partial charge in [-0.05, 0) is 62.2 Å². The van der Waals surface area contributed by atoms with E-state index in [1.165, 1.54) is 12.1 Å². The standard InChI is InChI=1S/C23H22FN3O3/c1-2-30-23(29)20-14-21(27(26-20)19-11-9-17(24)10-12-19)16-7-4-8-18(13-16)25-22(28)15-5-3-6-15/h4,7-15H,2-3,5-6H2,1H3,(H,25,28). The Morgan fingerprint density at radius 3 is 2.60 bits per heavy atom. The van der Waals surface area contributed by atoms with Crippen molar-refractivity contribution in [3.05, 3.63) is 66.1 Å². The third-order valence-corrected chi connectivity index (χ3v) is 5.17. The van der Waals surface area contributed by atoms with Crippen molar-refractivity contribution in [2.24, 2.45) is 5.92 Å². The lowest BCUT2D eigenvalue weighted by atomic mass is 9.85. The lowest BCUT2D eigenvalue weighted by Gasteiger charge is -2.24. The van der Waals surface area contributed by atoms with Gasteiger partial charge in [0.1, 0.15) is 5.82 Å². The summed E-state index contributed by atoms with van der Waals surface area (Å²) in [6, 6.07) is 14.8. The lowest BCUT2D eigenvalue weighted by molar-refractivity contribution is -0.122. The zero-order chi connectivity index (χ0) is 21.1. The second-order valence-electron chi connectivity index (χ2n) is 7.22. The third-order valence-electron chi connectivity index (χ3n) is 5.17. The maximum absolute atomic E-state index is 13.4. The molecular formula is C23H22FN3O3. The van der Waals surface area contributed by atoms with E-state index in [1.807, 2.05) is 24.3 Å². The van der Waals surface area contributed by atoms with Crippen LogP contribution in [0.25, 0.3) is 16.9 Å². The van der Waals surface area contributed by atoms with Gasteiger partial charge in [0.15, 0.2) is 5.69 Å². The summed E-state index contributed by atoms with van der Waals surface area (Å²) in [6.07, 6.45) is 2.93. The number of aromatic nitrogens is 2. The highest BCUT2D eigenvalue weighted by Gasteiger charge is 2.25. The zero-order valence-electron chi connectivity index (χ0n) is 16.6. The summed E-state index contributed by atoms with van der Waals surface area (Å²) in [6.45, 7) is 1.96. The molecule has 0 aliphatic heterocycles. The average Bonchev–Trinajstić information content (AvgIpc) is 3.13. The number of carbonyl (C=O) groups is 2. The van der Waals surface area contributed by atoms with Crippen molar-refractivity contribution in [2.45, 2.75) is 26.2 Å². The van der Waals surface area contributed by atoms with Crippen molar-refractivity contribution in [3.63, 3.8) is 0 Å². The van der Waals surface area contributed by atoms with Gasteiger partial charge in [0.25, 0.3) is 0 Å². The molecule has 1 fully saturated rings. The van der Waals surface area contributed by atoms with Crippen LogP contribution in [0.2, 0.25) is 0 Å². The van der Waals surface area contributed by atoms with Crippen LogP contribution in [-0.4, -0.2) is 28.3 Å². The average molecular weight is 407 g/mol. The van der Waals surface area contributed by atoms with Crippen molar-refractivity contribution < 1.29 is 18.7 Å². The monoisotopic (exact) mass is 407 g/mol. The number of ether oxygens (including phenoxy) is 1. The number of benzene rings is 2. The topological polar surface area (TPSA) is 73.2 Å². The molecule has 1 N–H and O–H groups in total. The van der Waals surface area contributed by atoms with Gasteiger partial charge in [-0.15, -0.1) is 0 Å². The smallest absolute Gasteiger partial charge is 0.358 e. The summed E-state index contributed by atoms with van der Waals surface area (Å²) in [4.78, 5) is 24.5. The van der Waals surface area contributed by atoms with Gasteiger partial charge in [0, 0.05) is 17.2 Å². The van der Waals surface area contributed by atoms with Gasteiger partial charge in [0.2, 0.25) is 5.91 Å². The molecular weight excluding hydrogens is 385 g/mol. The van der Waals surface area contributed by atoms with Gasteiger partial charge >= 0.3 is 5.97 Å². The van der Waals surface area contributed by atoms with Crippen molar-refractivity contribution in [2.75, 3.05) is 11.9 Å². The van der Waals surface area contributed by atoms with E-state index >= 15 is 0 Å². The molecule has 1 amide bonds. The number of halogens is 1. The Morgan fingerprint density at radius 1 is 1.17 bits per heavy atom. The lowest BCUT2D eigenvalue weighted by Crippen LogP contribution is -2.27. The quantitative estimate of drug-likeness (QED) is 0.607. The molecule has 7 heteroatoms. The van der Waals surface area contributed by atoms with Gasteiger partial charge in [-0.25, -0.2) is 13.9 Å². The molecule has 0 spiro atoms. The van der Waals surface area contributed by atoms with Gasteiger partial charge in [0.05, 0.1) is 18.0 Å². The summed E-state index contributed by atoms with van der Waals surface area (Å²) < 4.78 is 20.0. The molecule has 3 aromatic rings. The van der Waals surface area contributed by atoms with E-state index < -0.39 is 5.97 Å². The highest BCUT2D eigenvalue weighted by Crippen LogP contribution is 2.30. The fourth-order valence-corrected chi connectivity index (χ4v) is 3.34. The minimum Gasteiger partial charge on any atom is -0.461 e. The number of esters is 1. The number of rotatable bonds is 6. The first-order valence-corrected chi connectivity index (χ1v) is 9.99. The Morgan fingerprint density at radius 2 is 1.93 bits per heavy atom. The Balaban J connectivity index is 1.71. The van der Waals surface area contributed by atoms with Crippen LogP contribution >= 0.6 is 0 Å². The van der Waals surface area contributed by atoms with Crippen molar-refractivity contribution >= 4 is 17.6 Å². The number of hydrogen-bond acceptors (Lipinski definition) is 4. The van der Waals surface area contributed by atoms with Crippen LogP contribution in [0.1, 0.15) is 36.7 Å². The van der Waals surface area contributed by atoms with E-state index in [0.29, 0.717) is 17.1 Å². The van der Waals surface area contributed by atoms with Crippen molar-refractivity contribution in [1.82, 2.24) is 9.78 Å². The summed E-state index contributed by atoms with van der Waals surface area (Å²) in [7, 11) is 0. The van der Waals surface area contributed by atoms with E-state index in [0.717, 1.165) is 24.8 Å². The Labute approximate surface area is 173 Å². The second kappa shape index (κ2) is 8.49. The van der Waals surface area contributed by atoms with E-state index in [1.54, 1.807) is 29.8 Å². The van der Waals surface area contributed by atoms with Gasteiger partial charge in [-0.1, -0.05) is 18.6 Å². The van der Waals surface area contributed by atoms with E-state index in [2.05, 4.69) is 10.4 Å². The summed E-state index contributed by atoms with van der Waals surface area (Å²) >= 11 is 0. The largest absolute Gasteiger partial charge is 0.461 e. The SMILES string of the molecule is CCOC(=O)c1cc(-c2cccc(NC(=O)C3CCC3)c2)n(-c2ccc(F)cc2)n1. The fraction of sp³-hybridized carbons (Fsp3) is 0.261. The molecule has 0 saturated heterocycles. The number of nitrogens with zero attached hydrogens (tertiary/aromatic N) is 2. The molecule has 1 saturated carbocycles. The Bertz CT molecular complexity index is 1070. The molecule has 2 aromatic carbocycles. The Hall–Kier alpha value is -3.48. The number of hydrogen-bond donors (Lipinski definition) is 1. The van der Waals surface area contributed by atoms with Crippen LogP contribution < -0.4 is 5.32 Å². The van der Waals surface area contributed by atoms with Gasteiger partial charge in [-0.3, -0.25) is 4.79 Å². The molecule has 1 aromatic heterocycles. The molecule has 6 nitrogen and oxygen atoms in total. The van der Waals surface area contributed by atoms with Crippen LogP contribution in [0.4, 0.5) is 10.1 Å². The highest BCUT2D eigenvalue weighted by molar-refractivity contribution is 5.94. The second-order valence-corrected chi connectivity index (χ2v) is 7.22. The molecule has 1 aliphatic rings. The molecule has 1 heterocycles. The first kappa shape index (κ1) is 19.8. The van der Waals surface area contributed by atoms with E-state index in [9.17, 15) is 14.0 Å². The molecule has 0 atom stereocenters. The Kier molecular flexibility index (Phi) is 5.61. The molecule has 154 valence electrons. The highest BCUT2D eigenvalue weighted by atomic mass is 19.1. The molecule has 0 radical (unpaired) electrons. The van der Waals surface area contributed by atoms with Crippen LogP contribution in [0.15, 0.2) is 54.6 Å². The number of carbonyl (C=O) groups excluding carboxylic acids is 2. The molecule has 0 unspecified atom stereocenters. The molecule has 0 bridgehead atoms. The molecule has 1 aliphatic carbocycles. The predicted octanol–water partition coefficient (Wildman–Crippen LogP) is 4.59. The first-order chi connectivity index (χ1) is 14.5. The predicted molar refractivity (Wildman–Crippen MR) is 111 cm³/mol. The number of anilines is 1. The third kappa shape index (κ3) is 4.10. The van der Waals surface area contributed by atoms with Gasteiger partial charge < -0.3 is 10.1 Å². The summed E-state index contributed by atoms with van der Waals surface area (Å²) in [5.74, 6) is -0.792. The summed E-state index contributed by atoms with van der Waals surface area (Å²) in [5.41, 5.74) is 2.82. The normalized spacial score (nSPS) is 13.5. The van der Waals surface area contributed by atoms with Gasteiger partial charge in [-0.2, -0.15) is 5.10 Å². The zero-order valence-corrected chi connectivity index (χ0v) is 16.6.